The van der Waals surface area contributed by atoms with E-state index in [4.69, 9.17) is 4.43 Å². The Morgan fingerprint density at radius 3 is 2.45 bits per heavy atom. The van der Waals surface area contributed by atoms with Gasteiger partial charge < -0.3 is 4.43 Å². The fraction of sp³-hybridized carbons (Fsp3) is 0.706. The van der Waals surface area contributed by atoms with E-state index in [-0.39, 0.29) is 10.8 Å². The van der Waals surface area contributed by atoms with Gasteiger partial charge in [0.15, 0.2) is 11.5 Å². The molecule has 0 aliphatic heterocycles. The van der Waals surface area contributed by atoms with Crippen LogP contribution in [0.2, 0.25) is 18.1 Å². The first-order chi connectivity index (χ1) is 9.19. The van der Waals surface area contributed by atoms with E-state index >= 15 is 0 Å². The van der Waals surface area contributed by atoms with Crippen LogP contribution in [0.4, 0.5) is 0 Å². The van der Waals surface area contributed by atoms with Crippen molar-refractivity contribution in [2.45, 2.75) is 77.9 Å². The number of hydrogen-bond acceptors (Lipinski definition) is 2. The maximum atomic E-state index is 12.0. The predicted octanol–water partition coefficient (Wildman–Crippen LogP) is 4.82. The third-order valence-corrected chi connectivity index (χ3v) is 8.51. The minimum absolute atomic E-state index is 0.101. The largest absolute Gasteiger partial charge is 0.541 e. The van der Waals surface area contributed by atoms with Crippen molar-refractivity contribution in [1.82, 2.24) is 0 Å². The van der Waals surface area contributed by atoms with Gasteiger partial charge in [-0.25, -0.2) is 0 Å². The van der Waals surface area contributed by atoms with Crippen molar-refractivity contribution in [1.29, 1.82) is 0 Å². The molecule has 2 nitrogen and oxygen atoms in total. The van der Waals surface area contributed by atoms with Crippen molar-refractivity contribution in [3.8, 4) is 11.8 Å². The topological polar surface area (TPSA) is 26.3 Å². The summed E-state index contributed by atoms with van der Waals surface area (Å²) in [4.78, 5) is 12.0. The first-order valence-corrected chi connectivity index (χ1v) is 10.5. The molecule has 0 amide bonds. The van der Waals surface area contributed by atoms with Crippen LogP contribution in [0.5, 0.6) is 0 Å². The standard InChI is InChI=1S/C17H28O2Si/c1-7-8-9-10-11-14-12-13-15(18)16(14)19-20(5,6)17(2,3)4/h7-9,12-13H2,1-6H3. The number of hydrogen-bond donors (Lipinski definition) is 0. The van der Waals surface area contributed by atoms with Gasteiger partial charge in [-0.1, -0.05) is 46.0 Å². The second-order valence-electron chi connectivity index (χ2n) is 7.00. The van der Waals surface area contributed by atoms with Gasteiger partial charge in [0.25, 0.3) is 8.32 Å². The van der Waals surface area contributed by atoms with Crippen LogP contribution in [0.25, 0.3) is 0 Å². The van der Waals surface area contributed by atoms with Crippen LogP contribution in [0.3, 0.4) is 0 Å². The summed E-state index contributed by atoms with van der Waals surface area (Å²) in [5, 5.41) is 0.101. The predicted molar refractivity (Wildman–Crippen MR) is 86.9 cm³/mol. The van der Waals surface area contributed by atoms with Gasteiger partial charge in [-0.2, -0.15) is 0 Å². The lowest BCUT2D eigenvalue weighted by Crippen LogP contribution is -2.41. The molecule has 0 radical (unpaired) electrons. The third kappa shape index (κ3) is 4.24. The second-order valence-corrected chi connectivity index (χ2v) is 11.7. The molecule has 0 saturated heterocycles. The minimum Gasteiger partial charge on any atom is -0.541 e. The zero-order valence-electron chi connectivity index (χ0n) is 13.9. The van der Waals surface area contributed by atoms with Crippen LogP contribution in [0, 0.1) is 11.8 Å². The molecule has 1 aliphatic rings. The number of Topliss-reactive ketones (excluding diaryl/α,β-unsaturated/α-hetero) is 1. The molecule has 0 heterocycles. The zero-order valence-corrected chi connectivity index (χ0v) is 14.9. The number of rotatable bonds is 4. The summed E-state index contributed by atoms with van der Waals surface area (Å²) in [6.45, 7) is 13.1. The number of ketones is 1. The summed E-state index contributed by atoms with van der Waals surface area (Å²) in [6.07, 6.45) is 4.48. The Hall–Kier alpha value is -1.01. The van der Waals surface area contributed by atoms with E-state index in [1.54, 1.807) is 0 Å². The molecule has 0 atom stereocenters. The average Bonchev–Trinajstić information content (AvgIpc) is 2.65. The van der Waals surface area contributed by atoms with Crippen molar-refractivity contribution < 1.29 is 9.22 Å². The van der Waals surface area contributed by atoms with E-state index in [1.165, 1.54) is 0 Å². The summed E-state index contributed by atoms with van der Waals surface area (Å²) in [6, 6.07) is 0. The van der Waals surface area contributed by atoms with Crippen LogP contribution >= 0.6 is 0 Å². The smallest absolute Gasteiger partial charge is 0.250 e. The fourth-order valence-corrected chi connectivity index (χ4v) is 2.77. The Kier molecular flexibility index (Phi) is 5.65. The van der Waals surface area contributed by atoms with E-state index in [9.17, 15) is 4.79 Å². The molecule has 0 saturated carbocycles. The number of unbranched alkanes of at least 4 members (excludes halogenated alkanes) is 2. The van der Waals surface area contributed by atoms with E-state index in [0.29, 0.717) is 12.2 Å². The van der Waals surface area contributed by atoms with Crippen LogP contribution < -0.4 is 0 Å². The highest BCUT2D eigenvalue weighted by Gasteiger charge is 2.41. The normalized spacial score (nSPS) is 16.2. The summed E-state index contributed by atoms with van der Waals surface area (Å²) in [7, 11) is -1.95. The van der Waals surface area contributed by atoms with Crippen molar-refractivity contribution in [3.63, 3.8) is 0 Å². The number of allylic oxidation sites excluding steroid dienone is 2. The highest BCUT2D eigenvalue weighted by atomic mass is 28.4. The minimum atomic E-state index is -1.95. The molecule has 1 rings (SSSR count). The molecule has 1 aliphatic carbocycles. The van der Waals surface area contributed by atoms with Gasteiger partial charge in [-0.3, -0.25) is 4.79 Å². The van der Waals surface area contributed by atoms with Crippen LogP contribution in [-0.2, 0) is 9.22 Å². The van der Waals surface area contributed by atoms with Gasteiger partial charge >= 0.3 is 0 Å². The SMILES string of the molecule is CCCCC#CC1=C(O[Si](C)(C)C(C)(C)C)C(=O)CC1. The number of carbonyl (C=O) groups is 1. The Bertz CT molecular complexity index is 456. The highest BCUT2D eigenvalue weighted by molar-refractivity contribution is 6.74. The van der Waals surface area contributed by atoms with Crippen molar-refractivity contribution in [2.24, 2.45) is 0 Å². The summed E-state index contributed by atoms with van der Waals surface area (Å²) < 4.78 is 6.21. The van der Waals surface area contributed by atoms with Gasteiger partial charge in [0.1, 0.15) is 0 Å². The summed E-state index contributed by atoms with van der Waals surface area (Å²) >= 11 is 0. The van der Waals surface area contributed by atoms with Crippen molar-refractivity contribution in [3.05, 3.63) is 11.3 Å². The monoisotopic (exact) mass is 292 g/mol. The van der Waals surface area contributed by atoms with E-state index in [0.717, 1.165) is 31.3 Å². The van der Waals surface area contributed by atoms with Gasteiger partial charge in [0.2, 0.25) is 0 Å². The van der Waals surface area contributed by atoms with Crippen molar-refractivity contribution >= 4 is 14.1 Å². The molecule has 3 heteroatoms. The lowest BCUT2D eigenvalue weighted by Gasteiger charge is -2.36. The Morgan fingerprint density at radius 1 is 1.25 bits per heavy atom. The number of carbonyl (C=O) groups excluding carboxylic acids is 1. The molecule has 0 spiro atoms. The van der Waals surface area contributed by atoms with Gasteiger partial charge in [0.05, 0.1) is 0 Å². The first kappa shape index (κ1) is 17.0. The van der Waals surface area contributed by atoms with E-state index in [2.05, 4.69) is 52.6 Å². The molecule has 0 fully saturated rings. The molecule has 0 unspecified atom stereocenters. The fourth-order valence-electron chi connectivity index (χ4n) is 1.71. The molecular formula is C17H28O2Si. The van der Waals surface area contributed by atoms with Gasteiger partial charge in [-0.15, -0.1) is 0 Å². The molecular weight excluding hydrogens is 264 g/mol. The Labute approximate surface area is 125 Å². The first-order valence-electron chi connectivity index (χ1n) is 7.63. The van der Waals surface area contributed by atoms with E-state index in [1.807, 2.05) is 0 Å². The Balaban J connectivity index is 2.91. The lowest BCUT2D eigenvalue weighted by atomic mass is 10.2. The molecule has 112 valence electrons. The maximum absolute atomic E-state index is 12.0. The summed E-state index contributed by atoms with van der Waals surface area (Å²) in [5.41, 5.74) is 0.927. The maximum Gasteiger partial charge on any atom is 0.250 e. The highest BCUT2D eigenvalue weighted by Crippen LogP contribution is 2.39. The Morgan fingerprint density at radius 2 is 1.90 bits per heavy atom. The molecule has 0 bridgehead atoms. The molecule has 20 heavy (non-hydrogen) atoms. The van der Waals surface area contributed by atoms with E-state index < -0.39 is 8.32 Å². The molecule has 0 N–H and O–H groups in total. The third-order valence-electron chi connectivity index (χ3n) is 4.19. The van der Waals surface area contributed by atoms with Crippen LogP contribution in [-0.4, -0.2) is 14.1 Å². The molecule has 0 aromatic carbocycles. The van der Waals surface area contributed by atoms with Crippen molar-refractivity contribution in [2.75, 3.05) is 0 Å². The molecule has 0 aromatic heterocycles. The van der Waals surface area contributed by atoms with Gasteiger partial charge in [-0.05, 0) is 31.0 Å². The second kappa shape index (κ2) is 6.63. The quantitative estimate of drug-likeness (QED) is 0.422. The molecule has 0 aromatic rings. The van der Waals surface area contributed by atoms with Gasteiger partial charge in [0, 0.05) is 18.4 Å². The average molecular weight is 292 g/mol. The zero-order chi connectivity index (χ0) is 15.4. The van der Waals surface area contributed by atoms with Crippen LogP contribution in [0.15, 0.2) is 11.3 Å². The van der Waals surface area contributed by atoms with Crippen LogP contribution in [0.1, 0.15) is 59.8 Å². The lowest BCUT2D eigenvalue weighted by molar-refractivity contribution is -0.116. The summed E-state index contributed by atoms with van der Waals surface area (Å²) in [5.74, 6) is 7.06.